The molecule has 1 atom stereocenters. The van der Waals surface area contributed by atoms with Gasteiger partial charge < -0.3 is 14.5 Å². The molecule has 1 aliphatic heterocycles. The van der Waals surface area contributed by atoms with Crippen molar-refractivity contribution in [3.05, 3.63) is 53.5 Å². The molecule has 1 aromatic heterocycles. The Bertz CT molecular complexity index is 829. The van der Waals surface area contributed by atoms with Gasteiger partial charge in [0.2, 0.25) is 0 Å². The van der Waals surface area contributed by atoms with Crippen LogP contribution in [-0.2, 0) is 9.53 Å². The highest BCUT2D eigenvalue weighted by Gasteiger charge is 2.18. The van der Waals surface area contributed by atoms with Gasteiger partial charge in [0.05, 0.1) is 11.7 Å². The zero-order valence-corrected chi connectivity index (χ0v) is 13.5. The second-order valence-corrected chi connectivity index (χ2v) is 5.70. The van der Waals surface area contributed by atoms with Gasteiger partial charge in [-0.2, -0.15) is 5.26 Å². The first-order valence-electron chi connectivity index (χ1n) is 8.03. The first-order chi connectivity index (χ1) is 12.2. The van der Waals surface area contributed by atoms with Crippen LogP contribution in [-0.4, -0.2) is 25.2 Å². The maximum atomic E-state index is 13.8. The number of benzene rings is 1. The average Bonchev–Trinajstić information content (AvgIpc) is 3.30. The first kappa shape index (κ1) is 16.9. The lowest BCUT2D eigenvalue weighted by Gasteiger charge is -2.09. The van der Waals surface area contributed by atoms with Gasteiger partial charge in [-0.3, -0.25) is 4.79 Å². The van der Waals surface area contributed by atoms with Crippen LogP contribution in [0.25, 0.3) is 17.4 Å². The van der Waals surface area contributed by atoms with E-state index in [0.717, 1.165) is 12.8 Å². The number of halogens is 1. The van der Waals surface area contributed by atoms with Crippen LogP contribution in [0.1, 0.15) is 18.6 Å². The van der Waals surface area contributed by atoms with Crippen LogP contribution in [0.5, 0.6) is 0 Å². The molecule has 2 heterocycles. The first-order valence-corrected chi connectivity index (χ1v) is 8.03. The number of rotatable bonds is 5. The summed E-state index contributed by atoms with van der Waals surface area (Å²) in [5, 5.41) is 11.9. The summed E-state index contributed by atoms with van der Waals surface area (Å²) in [5.74, 6) is -0.243. The van der Waals surface area contributed by atoms with Crippen molar-refractivity contribution >= 4 is 12.0 Å². The fourth-order valence-corrected chi connectivity index (χ4v) is 2.63. The zero-order valence-electron chi connectivity index (χ0n) is 13.5. The van der Waals surface area contributed by atoms with Gasteiger partial charge in [-0.15, -0.1) is 0 Å². The Kier molecular flexibility index (Phi) is 5.26. The Labute approximate surface area is 144 Å². The largest absolute Gasteiger partial charge is 0.457 e. The third kappa shape index (κ3) is 4.14. The summed E-state index contributed by atoms with van der Waals surface area (Å²) in [6.45, 7) is 1.07. The quantitative estimate of drug-likeness (QED) is 0.669. The molecular formula is C19H17FN2O3. The second-order valence-electron chi connectivity index (χ2n) is 5.70. The van der Waals surface area contributed by atoms with Crippen molar-refractivity contribution in [2.75, 3.05) is 13.2 Å². The second kappa shape index (κ2) is 7.77. The van der Waals surface area contributed by atoms with Crippen LogP contribution in [0.15, 0.2) is 46.4 Å². The molecule has 1 fully saturated rings. The topological polar surface area (TPSA) is 75.3 Å². The smallest absolute Gasteiger partial charge is 0.262 e. The number of ether oxygens (including phenoxy) is 1. The summed E-state index contributed by atoms with van der Waals surface area (Å²) in [5.41, 5.74) is 0.246. The van der Waals surface area contributed by atoms with Crippen LogP contribution < -0.4 is 5.32 Å². The number of amides is 1. The number of nitrogens with zero attached hydrogens (tertiary/aromatic N) is 1. The van der Waals surface area contributed by atoms with Crippen LogP contribution in [0, 0.1) is 17.1 Å². The summed E-state index contributed by atoms with van der Waals surface area (Å²) in [6, 6.07) is 11.3. The molecule has 1 saturated heterocycles. The van der Waals surface area contributed by atoms with E-state index in [4.69, 9.17) is 9.15 Å². The van der Waals surface area contributed by atoms with Gasteiger partial charge in [0.25, 0.3) is 5.91 Å². The average molecular weight is 340 g/mol. The molecule has 0 radical (unpaired) electrons. The number of nitriles is 1. The molecule has 5 nitrogen and oxygen atoms in total. The molecule has 0 spiro atoms. The number of hydrogen-bond acceptors (Lipinski definition) is 4. The van der Waals surface area contributed by atoms with Gasteiger partial charge in [-0.25, -0.2) is 4.39 Å². The minimum absolute atomic E-state index is 0.000152. The van der Waals surface area contributed by atoms with Crippen LogP contribution in [0.2, 0.25) is 0 Å². The lowest BCUT2D eigenvalue weighted by atomic mass is 10.1. The maximum Gasteiger partial charge on any atom is 0.262 e. The predicted molar refractivity (Wildman–Crippen MR) is 89.7 cm³/mol. The van der Waals surface area contributed by atoms with E-state index in [-0.39, 0.29) is 11.7 Å². The van der Waals surface area contributed by atoms with Gasteiger partial charge in [-0.05, 0) is 37.1 Å². The van der Waals surface area contributed by atoms with Crippen molar-refractivity contribution in [1.82, 2.24) is 5.32 Å². The standard InChI is InChI=1S/C19H17FN2O3/c20-17-6-2-1-5-16(17)18-8-7-14(25-18)10-13(11-21)19(23)22-12-15-4-3-9-24-15/h1-2,5-8,10,15H,3-4,9,12H2,(H,22,23)/b13-10+/t15-/m1/s1. The van der Waals surface area contributed by atoms with E-state index in [0.29, 0.717) is 30.2 Å². The van der Waals surface area contributed by atoms with Gasteiger partial charge >= 0.3 is 0 Å². The van der Waals surface area contributed by atoms with Crippen molar-refractivity contribution in [2.45, 2.75) is 18.9 Å². The minimum Gasteiger partial charge on any atom is -0.457 e. The number of hydrogen-bond donors (Lipinski definition) is 1. The summed E-state index contributed by atoms with van der Waals surface area (Å²) in [4.78, 5) is 12.1. The molecule has 3 rings (SSSR count). The highest BCUT2D eigenvalue weighted by atomic mass is 19.1. The SMILES string of the molecule is N#C/C(=C\c1ccc(-c2ccccc2F)o1)C(=O)NC[C@H]1CCCO1. The van der Waals surface area contributed by atoms with Gasteiger partial charge in [-0.1, -0.05) is 12.1 Å². The van der Waals surface area contributed by atoms with Crippen LogP contribution >= 0.6 is 0 Å². The Morgan fingerprint density at radius 3 is 2.92 bits per heavy atom. The Hall–Kier alpha value is -2.91. The van der Waals surface area contributed by atoms with E-state index in [2.05, 4.69) is 5.32 Å². The Morgan fingerprint density at radius 1 is 1.36 bits per heavy atom. The zero-order chi connectivity index (χ0) is 17.6. The molecule has 0 saturated carbocycles. The number of furan rings is 1. The van der Waals surface area contributed by atoms with Crippen molar-refractivity contribution in [2.24, 2.45) is 0 Å². The van der Waals surface area contributed by atoms with Crippen LogP contribution in [0.4, 0.5) is 4.39 Å². The monoisotopic (exact) mass is 340 g/mol. The number of carbonyl (C=O) groups is 1. The summed E-state index contributed by atoms with van der Waals surface area (Å²) in [6.07, 6.45) is 3.22. The molecular weight excluding hydrogens is 323 g/mol. The highest BCUT2D eigenvalue weighted by Crippen LogP contribution is 2.25. The molecule has 1 N–H and O–H groups in total. The lowest BCUT2D eigenvalue weighted by Crippen LogP contribution is -2.32. The van der Waals surface area contributed by atoms with Crippen LogP contribution in [0.3, 0.4) is 0 Å². The van der Waals surface area contributed by atoms with E-state index >= 15 is 0 Å². The maximum absolute atomic E-state index is 13.8. The third-order valence-corrected chi connectivity index (χ3v) is 3.93. The molecule has 128 valence electrons. The van der Waals surface area contributed by atoms with Crippen molar-refractivity contribution in [1.29, 1.82) is 5.26 Å². The fraction of sp³-hybridized carbons (Fsp3) is 0.263. The molecule has 25 heavy (non-hydrogen) atoms. The van der Waals surface area contributed by atoms with Crippen molar-refractivity contribution in [3.63, 3.8) is 0 Å². The van der Waals surface area contributed by atoms with Gasteiger partial charge in [0.15, 0.2) is 0 Å². The molecule has 0 aliphatic carbocycles. The normalized spacial score (nSPS) is 17.3. The van der Waals surface area contributed by atoms with E-state index in [9.17, 15) is 14.4 Å². The van der Waals surface area contributed by atoms with Gasteiger partial charge in [0.1, 0.15) is 29.0 Å². The molecule has 1 amide bonds. The fourth-order valence-electron chi connectivity index (χ4n) is 2.63. The summed E-state index contributed by atoms with van der Waals surface area (Å²) in [7, 11) is 0. The summed E-state index contributed by atoms with van der Waals surface area (Å²) < 4.78 is 24.8. The Balaban J connectivity index is 1.71. The molecule has 0 bridgehead atoms. The van der Waals surface area contributed by atoms with Crippen molar-refractivity contribution < 1.29 is 18.3 Å². The molecule has 2 aromatic rings. The molecule has 0 unspecified atom stereocenters. The van der Waals surface area contributed by atoms with Crippen molar-refractivity contribution in [3.8, 4) is 17.4 Å². The number of nitrogens with one attached hydrogen (secondary N) is 1. The minimum atomic E-state index is -0.484. The Morgan fingerprint density at radius 2 is 2.20 bits per heavy atom. The predicted octanol–water partition coefficient (Wildman–Crippen LogP) is 3.29. The lowest BCUT2D eigenvalue weighted by molar-refractivity contribution is -0.117. The third-order valence-electron chi connectivity index (χ3n) is 3.93. The highest BCUT2D eigenvalue weighted by molar-refractivity contribution is 6.01. The van der Waals surface area contributed by atoms with E-state index in [1.54, 1.807) is 30.3 Å². The van der Waals surface area contributed by atoms with E-state index in [1.165, 1.54) is 12.1 Å². The molecule has 6 heteroatoms. The van der Waals surface area contributed by atoms with Gasteiger partial charge in [0, 0.05) is 19.2 Å². The van der Waals surface area contributed by atoms with E-state index in [1.807, 2.05) is 6.07 Å². The number of carbonyl (C=O) groups excluding carboxylic acids is 1. The molecule has 1 aromatic carbocycles. The van der Waals surface area contributed by atoms with E-state index < -0.39 is 11.7 Å². The molecule has 1 aliphatic rings. The summed E-state index contributed by atoms with van der Waals surface area (Å²) >= 11 is 0.